The average molecular weight is 271 g/mol. The first kappa shape index (κ1) is 14.3. The van der Waals surface area contributed by atoms with Crippen LogP contribution in [0.1, 0.15) is 29.8 Å². The summed E-state index contributed by atoms with van der Waals surface area (Å²) in [5, 5.41) is 2.57. The van der Waals surface area contributed by atoms with E-state index in [0.717, 1.165) is 6.42 Å². The van der Waals surface area contributed by atoms with Gasteiger partial charge in [0.15, 0.2) is 0 Å². The molecule has 0 aromatic heterocycles. The molecule has 3 heteroatoms. The molecular weight excluding hydrogens is 253 g/mol. The summed E-state index contributed by atoms with van der Waals surface area (Å²) in [6.07, 6.45) is 0.981. The van der Waals surface area contributed by atoms with E-state index in [2.05, 4.69) is 19.2 Å². The Morgan fingerprint density at radius 3 is 2.35 bits per heavy atom. The quantitative estimate of drug-likeness (QED) is 0.883. The zero-order chi connectivity index (χ0) is 14.5. The fraction of sp³-hybridized carbons (Fsp3) is 0.235. The van der Waals surface area contributed by atoms with Gasteiger partial charge >= 0.3 is 0 Å². The van der Waals surface area contributed by atoms with E-state index < -0.39 is 5.82 Å². The second-order valence-electron chi connectivity index (χ2n) is 5.23. The topological polar surface area (TPSA) is 29.1 Å². The zero-order valence-corrected chi connectivity index (χ0v) is 11.7. The molecule has 20 heavy (non-hydrogen) atoms. The molecule has 0 bridgehead atoms. The number of anilines is 1. The highest BCUT2D eigenvalue weighted by Crippen LogP contribution is 2.15. The molecule has 2 rings (SSSR count). The first-order valence-corrected chi connectivity index (χ1v) is 6.71. The predicted molar refractivity (Wildman–Crippen MR) is 79.3 cm³/mol. The summed E-state index contributed by atoms with van der Waals surface area (Å²) < 4.78 is 13.5. The van der Waals surface area contributed by atoms with Gasteiger partial charge in [-0.3, -0.25) is 4.79 Å². The molecule has 0 atom stereocenters. The number of nitrogens with one attached hydrogen (secondary N) is 1. The van der Waals surface area contributed by atoms with Gasteiger partial charge in [-0.25, -0.2) is 4.39 Å². The monoisotopic (exact) mass is 271 g/mol. The van der Waals surface area contributed by atoms with Crippen molar-refractivity contribution in [1.29, 1.82) is 0 Å². The smallest absolute Gasteiger partial charge is 0.255 e. The average Bonchev–Trinajstić information content (AvgIpc) is 2.41. The van der Waals surface area contributed by atoms with Crippen molar-refractivity contribution in [1.82, 2.24) is 0 Å². The Kier molecular flexibility index (Phi) is 4.51. The number of carbonyl (C=O) groups excluding carboxylic acids is 1. The van der Waals surface area contributed by atoms with Gasteiger partial charge in [-0.1, -0.05) is 38.1 Å². The van der Waals surface area contributed by atoms with Gasteiger partial charge < -0.3 is 5.32 Å². The Hall–Kier alpha value is -2.16. The van der Waals surface area contributed by atoms with E-state index in [9.17, 15) is 9.18 Å². The molecule has 0 radical (unpaired) electrons. The van der Waals surface area contributed by atoms with E-state index in [0.29, 0.717) is 11.5 Å². The minimum Gasteiger partial charge on any atom is -0.319 e. The van der Waals surface area contributed by atoms with Crippen molar-refractivity contribution in [2.75, 3.05) is 5.32 Å². The Labute approximate surface area is 118 Å². The van der Waals surface area contributed by atoms with Crippen LogP contribution in [-0.2, 0) is 6.42 Å². The number of carbonyl (C=O) groups is 1. The zero-order valence-electron chi connectivity index (χ0n) is 11.7. The SMILES string of the molecule is CC(C)Cc1ccc(C(=O)Nc2ccccc2F)cc1. The van der Waals surface area contributed by atoms with Gasteiger partial charge in [0.05, 0.1) is 5.69 Å². The van der Waals surface area contributed by atoms with Crippen LogP contribution in [0, 0.1) is 11.7 Å². The third kappa shape index (κ3) is 3.67. The number of hydrogen-bond donors (Lipinski definition) is 1. The van der Waals surface area contributed by atoms with Gasteiger partial charge in [-0.05, 0) is 42.2 Å². The fourth-order valence-electron chi connectivity index (χ4n) is 2.02. The maximum absolute atomic E-state index is 13.5. The first-order chi connectivity index (χ1) is 9.56. The summed E-state index contributed by atoms with van der Waals surface area (Å²) >= 11 is 0. The lowest BCUT2D eigenvalue weighted by molar-refractivity contribution is 0.102. The highest BCUT2D eigenvalue weighted by molar-refractivity contribution is 6.04. The number of rotatable bonds is 4. The number of benzene rings is 2. The third-order valence-corrected chi connectivity index (χ3v) is 2.98. The summed E-state index contributed by atoms with van der Waals surface area (Å²) in [5.74, 6) is -0.156. The lowest BCUT2D eigenvalue weighted by Gasteiger charge is -2.08. The molecule has 2 nitrogen and oxygen atoms in total. The number of halogens is 1. The van der Waals surface area contributed by atoms with Crippen molar-refractivity contribution in [2.24, 2.45) is 5.92 Å². The van der Waals surface area contributed by atoms with Crippen LogP contribution in [0.4, 0.5) is 10.1 Å². The Bertz CT molecular complexity index is 590. The lowest BCUT2D eigenvalue weighted by Crippen LogP contribution is -2.13. The van der Waals surface area contributed by atoms with Gasteiger partial charge in [-0.15, -0.1) is 0 Å². The molecule has 1 amide bonds. The van der Waals surface area contributed by atoms with E-state index in [1.54, 1.807) is 30.3 Å². The molecule has 0 aliphatic rings. The lowest BCUT2D eigenvalue weighted by atomic mass is 10.0. The van der Waals surface area contributed by atoms with Crippen LogP contribution < -0.4 is 5.32 Å². The van der Waals surface area contributed by atoms with Crippen LogP contribution in [0.15, 0.2) is 48.5 Å². The molecule has 0 aliphatic carbocycles. The maximum atomic E-state index is 13.5. The molecule has 0 saturated carbocycles. The van der Waals surface area contributed by atoms with Crippen molar-refractivity contribution >= 4 is 11.6 Å². The molecule has 2 aromatic carbocycles. The molecule has 0 unspecified atom stereocenters. The van der Waals surface area contributed by atoms with Gasteiger partial charge in [0, 0.05) is 5.56 Å². The van der Waals surface area contributed by atoms with Gasteiger partial charge in [0.25, 0.3) is 5.91 Å². The number of amides is 1. The highest BCUT2D eigenvalue weighted by atomic mass is 19.1. The summed E-state index contributed by atoms with van der Waals surface area (Å²) in [6, 6.07) is 13.6. The first-order valence-electron chi connectivity index (χ1n) is 6.71. The standard InChI is InChI=1S/C17H18FNO/c1-12(2)11-13-7-9-14(10-8-13)17(20)19-16-6-4-3-5-15(16)18/h3-10,12H,11H2,1-2H3,(H,19,20). The maximum Gasteiger partial charge on any atom is 0.255 e. The molecule has 2 aromatic rings. The van der Waals surface area contributed by atoms with Crippen LogP contribution in [0.5, 0.6) is 0 Å². The minimum atomic E-state index is -0.433. The van der Waals surface area contributed by atoms with E-state index in [-0.39, 0.29) is 11.6 Å². The van der Waals surface area contributed by atoms with Crippen LogP contribution in [-0.4, -0.2) is 5.91 Å². The third-order valence-electron chi connectivity index (χ3n) is 2.98. The molecule has 104 valence electrons. The van der Waals surface area contributed by atoms with E-state index >= 15 is 0 Å². The van der Waals surface area contributed by atoms with Gasteiger partial charge in [0.1, 0.15) is 5.82 Å². The van der Waals surface area contributed by atoms with Crippen molar-refractivity contribution in [3.8, 4) is 0 Å². The van der Waals surface area contributed by atoms with Crippen LogP contribution in [0.2, 0.25) is 0 Å². The van der Waals surface area contributed by atoms with Crippen molar-refractivity contribution in [3.63, 3.8) is 0 Å². The van der Waals surface area contributed by atoms with Crippen LogP contribution >= 0.6 is 0 Å². The van der Waals surface area contributed by atoms with E-state index in [1.807, 2.05) is 12.1 Å². The minimum absolute atomic E-state index is 0.198. The summed E-state index contributed by atoms with van der Waals surface area (Å²) in [7, 11) is 0. The van der Waals surface area contributed by atoms with Crippen LogP contribution in [0.3, 0.4) is 0 Å². The van der Waals surface area contributed by atoms with Crippen molar-refractivity contribution in [2.45, 2.75) is 20.3 Å². The van der Waals surface area contributed by atoms with Gasteiger partial charge in [0.2, 0.25) is 0 Å². The molecule has 0 heterocycles. The Morgan fingerprint density at radius 1 is 1.10 bits per heavy atom. The largest absolute Gasteiger partial charge is 0.319 e. The molecule has 0 spiro atoms. The number of para-hydroxylation sites is 1. The van der Waals surface area contributed by atoms with E-state index in [1.165, 1.54) is 11.6 Å². The Balaban J connectivity index is 2.08. The van der Waals surface area contributed by atoms with Crippen LogP contribution in [0.25, 0.3) is 0 Å². The van der Waals surface area contributed by atoms with Crippen molar-refractivity contribution in [3.05, 3.63) is 65.5 Å². The second kappa shape index (κ2) is 6.33. The summed E-state index contributed by atoms with van der Waals surface area (Å²) in [5.41, 5.74) is 1.92. The molecule has 0 fully saturated rings. The Morgan fingerprint density at radius 2 is 1.75 bits per heavy atom. The van der Waals surface area contributed by atoms with Gasteiger partial charge in [-0.2, -0.15) is 0 Å². The second-order valence-corrected chi connectivity index (χ2v) is 5.23. The molecule has 0 saturated heterocycles. The predicted octanol–water partition coefficient (Wildman–Crippen LogP) is 4.28. The number of hydrogen-bond acceptors (Lipinski definition) is 1. The summed E-state index contributed by atoms with van der Waals surface area (Å²) in [4.78, 5) is 12.0. The summed E-state index contributed by atoms with van der Waals surface area (Å²) in [6.45, 7) is 4.30. The molecule has 1 N–H and O–H groups in total. The van der Waals surface area contributed by atoms with E-state index in [4.69, 9.17) is 0 Å². The molecular formula is C17H18FNO. The molecule has 0 aliphatic heterocycles. The highest BCUT2D eigenvalue weighted by Gasteiger charge is 2.08. The van der Waals surface area contributed by atoms with Crippen molar-refractivity contribution < 1.29 is 9.18 Å². The fourth-order valence-corrected chi connectivity index (χ4v) is 2.02. The normalized spacial score (nSPS) is 10.6.